The number of nitro groups is 1. The van der Waals surface area contributed by atoms with Gasteiger partial charge in [-0.1, -0.05) is 36.4 Å². The highest BCUT2D eigenvalue weighted by molar-refractivity contribution is 8.01. The molecule has 0 aliphatic rings. The first-order valence-electron chi connectivity index (χ1n) is 6.81. The zero-order valence-corrected chi connectivity index (χ0v) is 14.2. The van der Waals surface area contributed by atoms with Crippen LogP contribution in [0.15, 0.2) is 10.5 Å². The van der Waals surface area contributed by atoms with E-state index in [0.717, 1.165) is 12.8 Å². The number of carbonyl (C=O) groups is 1. The summed E-state index contributed by atoms with van der Waals surface area (Å²) in [5.74, 6) is 0.0994. The third-order valence-corrected chi connectivity index (χ3v) is 4.85. The summed E-state index contributed by atoms with van der Waals surface area (Å²) in [4.78, 5) is 25.8. The Bertz CT molecular complexity index is 699. The Hall–Kier alpha value is -2.01. The smallest absolute Gasteiger partial charge is 0.342 e. The fourth-order valence-corrected chi connectivity index (χ4v) is 3.30. The fourth-order valence-electron chi connectivity index (χ4n) is 1.62. The van der Waals surface area contributed by atoms with Gasteiger partial charge in [0.15, 0.2) is 4.34 Å². The average molecular weight is 357 g/mol. The van der Waals surface area contributed by atoms with Gasteiger partial charge in [-0.2, -0.15) is 0 Å². The summed E-state index contributed by atoms with van der Waals surface area (Å²) in [6.07, 6.45) is 2.99. The second kappa shape index (κ2) is 8.02. The van der Waals surface area contributed by atoms with Crippen LogP contribution >= 0.6 is 23.1 Å². The van der Waals surface area contributed by atoms with Crippen LogP contribution in [0.1, 0.15) is 19.8 Å². The minimum absolute atomic E-state index is 0.121. The van der Waals surface area contributed by atoms with Gasteiger partial charge in [-0.3, -0.25) is 4.79 Å². The standard InChI is InChI=1S/C12H15N5O4S2/c1-3-4-5-21-9(18)7-22-12-15-14-11(23-12)10-13-6-8(16(10)2)17(19)20/h6H,3-5,7H2,1-2H3. The zero-order chi connectivity index (χ0) is 16.8. The van der Waals surface area contributed by atoms with Gasteiger partial charge < -0.3 is 14.9 Å². The van der Waals surface area contributed by atoms with Crippen LogP contribution in [0.3, 0.4) is 0 Å². The molecule has 0 aromatic carbocycles. The molecule has 0 bridgehead atoms. The highest BCUT2D eigenvalue weighted by Gasteiger charge is 2.21. The van der Waals surface area contributed by atoms with E-state index in [9.17, 15) is 14.9 Å². The predicted molar refractivity (Wildman–Crippen MR) is 85.4 cm³/mol. The molecule has 0 aliphatic heterocycles. The topological polar surface area (TPSA) is 113 Å². The molecule has 0 unspecified atom stereocenters. The first-order chi connectivity index (χ1) is 11.0. The van der Waals surface area contributed by atoms with E-state index >= 15 is 0 Å². The molecule has 23 heavy (non-hydrogen) atoms. The highest BCUT2D eigenvalue weighted by atomic mass is 32.2. The van der Waals surface area contributed by atoms with Crippen molar-refractivity contribution in [3.8, 4) is 10.8 Å². The Morgan fingerprint density at radius 2 is 2.30 bits per heavy atom. The van der Waals surface area contributed by atoms with Crippen LogP contribution in [0, 0.1) is 10.1 Å². The van der Waals surface area contributed by atoms with E-state index in [1.165, 1.54) is 33.9 Å². The van der Waals surface area contributed by atoms with Crippen LogP contribution in [0.25, 0.3) is 10.8 Å². The monoisotopic (exact) mass is 357 g/mol. The van der Waals surface area contributed by atoms with Crippen molar-refractivity contribution in [2.75, 3.05) is 12.4 Å². The van der Waals surface area contributed by atoms with Crippen molar-refractivity contribution in [2.45, 2.75) is 24.1 Å². The van der Waals surface area contributed by atoms with Gasteiger partial charge in [0.05, 0.1) is 19.4 Å². The molecular formula is C12H15N5O4S2. The molecule has 2 rings (SSSR count). The van der Waals surface area contributed by atoms with Crippen LogP contribution in [0.2, 0.25) is 0 Å². The van der Waals surface area contributed by atoms with Gasteiger partial charge in [0.25, 0.3) is 5.82 Å². The summed E-state index contributed by atoms with van der Waals surface area (Å²) >= 11 is 2.44. The molecule has 11 heteroatoms. The number of aromatic nitrogens is 4. The molecular weight excluding hydrogens is 342 g/mol. The molecule has 9 nitrogen and oxygen atoms in total. The fraction of sp³-hybridized carbons (Fsp3) is 0.500. The number of nitrogens with zero attached hydrogens (tertiary/aromatic N) is 5. The van der Waals surface area contributed by atoms with Gasteiger partial charge in [0.1, 0.15) is 6.20 Å². The largest absolute Gasteiger partial charge is 0.465 e. The molecule has 0 fully saturated rings. The van der Waals surface area contributed by atoms with E-state index in [-0.39, 0.29) is 17.5 Å². The van der Waals surface area contributed by atoms with Crippen molar-refractivity contribution < 1.29 is 14.5 Å². The minimum Gasteiger partial charge on any atom is -0.465 e. The molecule has 0 radical (unpaired) electrons. The van der Waals surface area contributed by atoms with Gasteiger partial charge >= 0.3 is 11.8 Å². The number of hydrogen-bond donors (Lipinski definition) is 0. The van der Waals surface area contributed by atoms with Crippen LogP contribution in [-0.4, -0.2) is 43.0 Å². The number of imidazole rings is 1. The lowest BCUT2D eigenvalue weighted by molar-refractivity contribution is -0.391. The number of esters is 1. The maximum atomic E-state index is 11.5. The molecule has 0 atom stereocenters. The number of rotatable bonds is 8. The van der Waals surface area contributed by atoms with Crippen molar-refractivity contribution in [3.63, 3.8) is 0 Å². The predicted octanol–water partition coefficient (Wildman–Crippen LogP) is 2.28. The van der Waals surface area contributed by atoms with Crippen molar-refractivity contribution in [1.82, 2.24) is 19.7 Å². The van der Waals surface area contributed by atoms with Crippen LogP contribution in [0.4, 0.5) is 5.82 Å². The molecule has 0 saturated carbocycles. The molecule has 124 valence electrons. The molecule has 0 amide bonds. The number of unbranched alkanes of at least 4 members (excludes halogenated alkanes) is 1. The van der Waals surface area contributed by atoms with Gasteiger partial charge in [-0.05, 0) is 11.3 Å². The minimum atomic E-state index is -0.514. The van der Waals surface area contributed by atoms with Crippen molar-refractivity contribution in [1.29, 1.82) is 0 Å². The molecule has 0 N–H and O–H groups in total. The van der Waals surface area contributed by atoms with Crippen molar-refractivity contribution in [3.05, 3.63) is 16.3 Å². The first kappa shape index (κ1) is 17.3. The number of ether oxygens (including phenoxy) is 1. The first-order valence-corrected chi connectivity index (χ1v) is 8.61. The van der Waals surface area contributed by atoms with E-state index in [2.05, 4.69) is 15.2 Å². The summed E-state index contributed by atoms with van der Waals surface area (Å²) in [5, 5.41) is 19.2. The molecule has 0 saturated heterocycles. The summed E-state index contributed by atoms with van der Waals surface area (Å²) in [6, 6.07) is 0. The maximum absolute atomic E-state index is 11.5. The van der Waals surface area contributed by atoms with Gasteiger partial charge in [-0.15, -0.1) is 10.2 Å². The highest BCUT2D eigenvalue weighted by Crippen LogP contribution is 2.30. The third kappa shape index (κ3) is 4.48. The van der Waals surface area contributed by atoms with Gasteiger partial charge in [-0.25, -0.2) is 9.55 Å². The van der Waals surface area contributed by atoms with E-state index in [0.29, 0.717) is 21.8 Å². The van der Waals surface area contributed by atoms with Crippen LogP contribution in [-0.2, 0) is 16.6 Å². The van der Waals surface area contributed by atoms with Gasteiger partial charge in [0.2, 0.25) is 5.01 Å². The lowest BCUT2D eigenvalue weighted by Gasteiger charge is -2.01. The second-order valence-corrected chi connectivity index (χ2v) is 6.69. The Morgan fingerprint density at radius 1 is 1.52 bits per heavy atom. The number of carbonyl (C=O) groups excluding carboxylic acids is 1. The number of hydrogen-bond acceptors (Lipinski definition) is 9. The quantitative estimate of drug-likeness (QED) is 0.232. The van der Waals surface area contributed by atoms with E-state index in [1.807, 2.05) is 6.92 Å². The molecule has 0 spiro atoms. The molecule has 2 aromatic rings. The summed E-state index contributed by atoms with van der Waals surface area (Å²) in [7, 11) is 1.54. The molecule has 2 heterocycles. The average Bonchev–Trinajstić information content (AvgIpc) is 3.11. The normalized spacial score (nSPS) is 10.7. The van der Waals surface area contributed by atoms with Crippen LogP contribution < -0.4 is 0 Å². The summed E-state index contributed by atoms with van der Waals surface area (Å²) in [6.45, 7) is 2.45. The van der Waals surface area contributed by atoms with Crippen molar-refractivity contribution >= 4 is 34.9 Å². The van der Waals surface area contributed by atoms with Gasteiger partial charge in [0, 0.05) is 0 Å². The van der Waals surface area contributed by atoms with E-state index in [4.69, 9.17) is 4.74 Å². The Kier molecular flexibility index (Phi) is 6.04. The number of thioether (sulfide) groups is 1. The summed E-state index contributed by atoms with van der Waals surface area (Å²) < 4.78 is 6.97. The third-order valence-electron chi connectivity index (χ3n) is 2.82. The van der Waals surface area contributed by atoms with E-state index < -0.39 is 4.92 Å². The Balaban J connectivity index is 1.96. The summed E-state index contributed by atoms with van der Waals surface area (Å²) in [5.41, 5.74) is 0. The lowest BCUT2D eigenvalue weighted by Crippen LogP contribution is -2.08. The van der Waals surface area contributed by atoms with Crippen LogP contribution in [0.5, 0.6) is 0 Å². The second-order valence-electron chi connectivity index (χ2n) is 4.49. The van der Waals surface area contributed by atoms with E-state index in [1.54, 1.807) is 7.05 Å². The maximum Gasteiger partial charge on any atom is 0.342 e. The Morgan fingerprint density at radius 3 is 2.96 bits per heavy atom. The lowest BCUT2D eigenvalue weighted by atomic mass is 10.4. The zero-order valence-electron chi connectivity index (χ0n) is 12.6. The molecule has 2 aromatic heterocycles. The SMILES string of the molecule is CCCCOC(=O)CSc1nnc(-c2ncc([N+](=O)[O-])n2C)s1. The Labute approximate surface area is 140 Å². The van der Waals surface area contributed by atoms with Crippen molar-refractivity contribution in [2.24, 2.45) is 7.05 Å². The molecule has 0 aliphatic carbocycles.